The lowest BCUT2D eigenvalue weighted by molar-refractivity contribution is -0.137. The van der Waals surface area contributed by atoms with Gasteiger partial charge in [0, 0.05) is 10.7 Å². The summed E-state index contributed by atoms with van der Waals surface area (Å²) in [5.41, 5.74) is -0.964. The fourth-order valence-electron chi connectivity index (χ4n) is 3.05. The molecule has 4 nitrogen and oxygen atoms in total. The van der Waals surface area contributed by atoms with Crippen LogP contribution in [0.1, 0.15) is 24.1 Å². The number of hydrogen-bond acceptors (Lipinski definition) is 3. The molecule has 8 heteroatoms. The molecule has 0 bridgehead atoms. The predicted molar refractivity (Wildman–Crippen MR) is 93.5 cm³/mol. The highest BCUT2D eigenvalue weighted by Gasteiger charge is 2.44. The van der Waals surface area contributed by atoms with Gasteiger partial charge in [-0.1, -0.05) is 35.9 Å². The highest BCUT2D eigenvalue weighted by molar-refractivity contribution is 6.31. The van der Waals surface area contributed by atoms with Gasteiger partial charge in [-0.3, -0.25) is 14.5 Å². The van der Waals surface area contributed by atoms with Gasteiger partial charge in [0.15, 0.2) is 11.5 Å². The van der Waals surface area contributed by atoms with E-state index in [1.165, 1.54) is 12.1 Å². The molecule has 0 fully saturated rings. The van der Waals surface area contributed by atoms with Crippen molar-refractivity contribution in [2.45, 2.75) is 19.1 Å². The maximum atomic E-state index is 13.1. The number of anilines is 1. The summed E-state index contributed by atoms with van der Waals surface area (Å²) in [7, 11) is 0. The van der Waals surface area contributed by atoms with Crippen LogP contribution in [0.5, 0.6) is 0 Å². The first-order valence-electron chi connectivity index (χ1n) is 7.82. The van der Waals surface area contributed by atoms with Gasteiger partial charge in [0.1, 0.15) is 0 Å². The number of alkyl halides is 3. The molecule has 0 radical (unpaired) electrons. The van der Waals surface area contributed by atoms with E-state index < -0.39 is 35.2 Å². The first kappa shape index (κ1) is 19.0. The van der Waals surface area contributed by atoms with Gasteiger partial charge in [0.25, 0.3) is 5.91 Å². The number of amides is 1. The van der Waals surface area contributed by atoms with Gasteiger partial charge in [-0.2, -0.15) is 13.2 Å². The maximum Gasteiger partial charge on any atom is 0.416 e. The lowest BCUT2D eigenvalue weighted by atomic mass is 9.96. The van der Waals surface area contributed by atoms with Crippen LogP contribution in [0, 0.1) is 0 Å². The number of ketones is 1. The third-order valence-corrected chi connectivity index (χ3v) is 4.58. The molecule has 1 unspecified atom stereocenters. The van der Waals surface area contributed by atoms with Gasteiger partial charge in [-0.05, 0) is 36.8 Å². The van der Waals surface area contributed by atoms with E-state index in [9.17, 15) is 27.9 Å². The third-order valence-electron chi connectivity index (χ3n) is 4.24. The molecule has 1 heterocycles. The molecule has 1 atom stereocenters. The van der Waals surface area contributed by atoms with Gasteiger partial charge in [0.05, 0.1) is 17.2 Å². The Morgan fingerprint density at radius 3 is 2.41 bits per heavy atom. The van der Waals surface area contributed by atoms with Crippen LogP contribution in [0.25, 0.3) is 0 Å². The van der Waals surface area contributed by atoms with E-state index in [0.29, 0.717) is 5.56 Å². The molecule has 27 heavy (non-hydrogen) atoms. The number of carbonyl (C=O) groups excluding carboxylic acids is 2. The fraction of sp³-hybridized carbons (Fsp3) is 0.158. The molecule has 2 aromatic rings. The molecular weight excluding hydrogens is 383 g/mol. The summed E-state index contributed by atoms with van der Waals surface area (Å²) in [6.07, 6.45) is -4.61. The monoisotopic (exact) mass is 395 g/mol. The Labute approximate surface area is 157 Å². The van der Waals surface area contributed by atoms with Crippen LogP contribution < -0.4 is 4.90 Å². The smallest absolute Gasteiger partial charge is 0.416 e. The highest BCUT2D eigenvalue weighted by Crippen LogP contribution is 2.44. The molecule has 0 spiro atoms. The van der Waals surface area contributed by atoms with Crippen molar-refractivity contribution < 1.29 is 27.9 Å². The lowest BCUT2D eigenvalue weighted by Crippen LogP contribution is -2.31. The van der Waals surface area contributed by atoms with Crippen molar-refractivity contribution in [3.8, 4) is 0 Å². The van der Waals surface area contributed by atoms with Gasteiger partial charge in [0.2, 0.25) is 0 Å². The van der Waals surface area contributed by atoms with Crippen molar-refractivity contribution in [1.82, 2.24) is 0 Å². The molecule has 1 aliphatic rings. The average molecular weight is 396 g/mol. The largest absolute Gasteiger partial charge is 0.503 e. The Bertz CT molecular complexity index is 969. The summed E-state index contributed by atoms with van der Waals surface area (Å²) in [4.78, 5) is 25.6. The second kappa shape index (κ2) is 6.74. The van der Waals surface area contributed by atoms with Crippen molar-refractivity contribution in [1.29, 1.82) is 0 Å². The molecule has 3 rings (SSSR count). The quantitative estimate of drug-likeness (QED) is 0.808. The lowest BCUT2D eigenvalue weighted by Gasteiger charge is -2.27. The number of aliphatic hydroxyl groups is 1. The number of nitrogens with zero attached hydrogens (tertiary/aromatic N) is 1. The predicted octanol–water partition coefficient (Wildman–Crippen LogP) is 4.85. The van der Waals surface area contributed by atoms with Crippen molar-refractivity contribution in [3.63, 3.8) is 0 Å². The van der Waals surface area contributed by atoms with Crippen LogP contribution in [0.2, 0.25) is 5.02 Å². The van der Waals surface area contributed by atoms with E-state index >= 15 is 0 Å². The Morgan fingerprint density at radius 1 is 1.15 bits per heavy atom. The fourth-order valence-corrected chi connectivity index (χ4v) is 3.29. The number of aliphatic hydroxyl groups excluding tert-OH is 1. The number of halogens is 4. The van der Waals surface area contributed by atoms with Gasteiger partial charge in [-0.25, -0.2) is 0 Å². The average Bonchev–Trinajstić information content (AvgIpc) is 2.86. The number of rotatable bonds is 3. The molecular formula is C19H13ClF3NO3. The molecule has 140 valence electrons. The summed E-state index contributed by atoms with van der Waals surface area (Å²) >= 11 is 6.19. The zero-order valence-corrected chi connectivity index (χ0v) is 14.7. The molecule has 0 saturated carbocycles. The number of benzene rings is 2. The normalized spacial score (nSPS) is 17.6. The Kier molecular flexibility index (Phi) is 4.73. The van der Waals surface area contributed by atoms with Crippen molar-refractivity contribution in [3.05, 3.63) is 76.0 Å². The van der Waals surface area contributed by atoms with E-state index in [2.05, 4.69) is 0 Å². The molecule has 0 aliphatic carbocycles. The standard InChI is InChI=1S/C19H13ClF3NO3/c1-10(25)15-16(13-7-2-3-8-14(13)20)24(18(27)17(15)26)12-6-4-5-11(9-12)19(21,22)23/h2-9,16,26H,1H3. The summed E-state index contributed by atoms with van der Waals surface area (Å²) in [6, 6.07) is 9.29. The van der Waals surface area contributed by atoms with E-state index in [1.807, 2.05) is 0 Å². The summed E-state index contributed by atoms with van der Waals surface area (Å²) in [5.74, 6) is -2.35. The number of hydrogen-bond donors (Lipinski definition) is 1. The SMILES string of the molecule is CC(=O)C1=C(O)C(=O)N(c2cccc(C(F)(F)F)c2)C1c1ccccc1Cl. The van der Waals surface area contributed by atoms with Crippen LogP contribution in [-0.4, -0.2) is 16.8 Å². The second-order valence-corrected chi connectivity index (χ2v) is 6.37. The van der Waals surface area contributed by atoms with Gasteiger partial charge in [-0.15, -0.1) is 0 Å². The summed E-state index contributed by atoms with van der Waals surface area (Å²) < 4.78 is 39.2. The van der Waals surface area contributed by atoms with Crippen LogP contribution in [-0.2, 0) is 15.8 Å². The highest BCUT2D eigenvalue weighted by atomic mass is 35.5. The summed E-state index contributed by atoms with van der Waals surface area (Å²) in [6.45, 7) is 1.16. The molecule has 1 N–H and O–H groups in total. The van der Waals surface area contributed by atoms with Crippen LogP contribution in [0.4, 0.5) is 18.9 Å². The minimum Gasteiger partial charge on any atom is -0.503 e. The topological polar surface area (TPSA) is 57.6 Å². The summed E-state index contributed by atoms with van der Waals surface area (Å²) in [5, 5.41) is 10.4. The van der Waals surface area contributed by atoms with Crippen LogP contribution >= 0.6 is 11.6 Å². The Morgan fingerprint density at radius 2 is 1.81 bits per heavy atom. The van der Waals surface area contributed by atoms with Crippen molar-refractivity contribution in [2.24, 2.45) is 0 Å². The number of carbonyl (C=O) groups is 2. The van der Waals surface area contributed by atoms with E-state index in [0.717, 1.165) is 30.0 Å². The second-order valence-electron chi connectivity index (χ2n) is 5.97. The number of Topliss-reactive ketones (excluding diaryl/α,β-unsaturated/α-hetero) is 1. The molecule has 0 aromatic heterocycles. The minimum absolute atomic E-state index is 0.109. The first-order chi connectivity index (χ1) is 12.6. The minimum atomic E-state index is -4.61. The molecule has 0 saturated heterocycles. The van der Waals surface area contributed by atoms with Crippen LogP contribution in [0.15, 0.2) is 59.9 Å². The molecule has 2 aromatic carbocycles. The Hall–Kier alpha value is -2.80. The third kappa shape index (κ3) is 3.30. The maximum absolute atomic E-state index is 13.1. The van der Waals surface area contributed by atoms with Crippen molar-refractivity contribution >= 4 is 29.0 Å². The van der Waals surface area contributed by atoms with E-state index in [-0.39, 0.29) is 16.3 Å². The van der Waals surface area contributed by atoms with Gasteiger partial charge < -0.3 is 5.11 Å². The molecule has 1 aliphatic heterocycles. The molecule has 1 amide bonds. The zero-order valence-electron chi connectivity index (χ0n) is 13.9. The van der Waals surface area contributed by atoms with Gasteiger partial charge >= 0.3 is 6.18 Å². The Balaban J connectivity index is 2.21. The van der Waals surface area contributed by atoms with Crippen LogP contribution in [0.3, 0.4) is 0 Å². The van der Waals surface area contributed by atoms with Crippen molar-refractivity contribution in [2.75, 3.05) is 4.90 Å². The zero-order chi connectivity index (χ0) is 19.9. The van der Waals surface area contributed by atoms with E-state index in [4.69, 9.17) is 11.6 Å². The first-order valence-corrected chi connectivity index (χ1v) is 8.20. The van der Waals surface area contributed by atoms with E-state index in [1.54, 1.807) is 18.2 Å².